The van der Waals surface area contributed by atoms with E-state index in [0.29, 0.717) is 11.4 Å². The van der Waals surface area contributed by atoms with Crippen molar-refractivity contribution in [1.82, 2.24) is 9.97 Å². The smallest absolute Gasteiger partial charge is 0.222 e. The number of hydrogen-bond acceptors (Lipinski definition) is 5. The molecule has 0 aliphatic rings. The van der Waals surface area contributed by atoms with E-state index in [1.54, 1.807) is 9.99 Å². The van der Waals surface area contributed by atoms with E-state index in [1.165, 1.54) is 0 Å². The van der Waals surface area contributed by atoms with E-state index in [0.717, 1.165) is 34.0 Å². The number of anilines is 3. The lowest BCUT2D eigenvalue weighted by molar-refractivity contribution is 0.112. The van der Waals surface area contributed by atoms with Gasteiger partial charge in [0, 0.05) is 10.9 Å². The maximum atomic E-state index is 11.4. The SMILES string of the molecule is Nc1nc(N(Br)c2ccccc2)c2cc(-c3ccccc3C=O)ccc2n1. The Hall–Kier alpha value is -3.25. The molecular formula is C21H15BrN4O. The van der Waals surface area contributed by atoms with Gasteiger partial charge in [-0.2, -0.15) is 4.98 Å². The molecule has 6 heteroatoms. The van der Waals surface area contributed by atoms with Gasteiger partial charge in [0.1, 0.15) is 0 Å². The number of fused-ring (bicyclic) bond motifs is 1. The van der Waals surface area contributed by atoms with E-state index in [1.807, 2.05) is 66.7 Å². The first-order valence-corrected chi connectivity index (χ1v) is 9.01. The predicted octanol–water partition coefficient (Wildman–Crippen LogP) is 5.14. The molecule has 1 aromatic heterocycles. The van der Waals surface area contributed by atoms with Crippen molar-refractivity contribution in [1.29, 1.82) is 0 Å². The van der Waals surface area contributed by atoms with Crippen LogP contribution in [-0.2, 0) is 0 Å². The second kappa shape index (κ2) is 7.17. The Bertz CT molecular complexity index is 1130. The Morgan fingerprint density at radius 3 is 2.44 bits per heavy atom. The average molecular weight is 419 g/mol. The van der Waals surface area contributed by atoms with Crippen LogP contribution in [0.4, 0.5) is 17.5 Å². The molecule has 1 heterocycles. The number of carbonyl (C=O) groups excluding carboxylic acids is 1. The standard InChI is InChI=1S/C21H15BrN4O/c22-26(16-7-2-1-3-8-16)20-18-12-14(10-11-19(18)24-21(23)25-20)17-9-5-4-6-15(17)13-27/h1-13H,(H2,23,24,25). The number of nitrogens with zero attached hydrogens (tertiary/aromatic N) is 3. The quantitative estimate of drug-likeness (QED) is 0.366. The van der Waals surface area contributed by atoms with Crippen LogP contribution in [-0.4, -0.2) is 16.3 Å². The van der Waals surface area contributed by atoms with Crippen molar-refractivity contribution in [2.75, 3.05) is 9.66 Å². The second-order valence-electron chi connectivity index (χ2n) is 5.96. The maximum Gasteiger partial charge on any atom is 0.222 e. The molecule has 27 heavy (non-hydrogen) atoms. The van der Waals surface area contributed by atoms with E-state index in [2.05, 4.69) is 26.1 Å². The Morgan fingerprint density at radius 2 is 1.67 bits per heavy atom. The Kier molecular flexibility index (Phi) is 4.56. The van der Waals surface area contributed by atoms with Gasteiger partial charge in [0.05, 0.1) is 27.4 Å². The Morgan fingerprint density at radius 1 is 0.926 bits per heavy atom. The fourth-order valence-corrected chi connectivity index (χ4v) is 3.50. The van der Waals surface area contributed by atoms with Crippen LogP contribution in [0, 0.1) is 0 Å². The van der Waals surface area contributed by atoms with Crippen molar-refractivity contribution in [3.8, 4) is 11.1 Å². The minimum Gasteiger partial charge on any atom is -0.368 e. The molecule has 2 N–H and O–H groups in total. The third kappa shape index (κ3) is 3.27. The van der Waals surface area contributed by atoms with Gasteiger partial charge in [-0.1, -0.05) is 48.5 Å². The number of aromatic nitrogens is 2. The molecule has 5 nitrogen and oxygen atoms in total. The van der Waals surface area contributed by atoms with Crippen molar-refractivity contribution in [2.45, 2.75) is 0 Å². The second-order valence-corrected chi connectivity index (χ2v) is 6.67. The first kappa shape index (κ1) is 17.2. The fourth-order valence-electron chi connectivity index (χ4n) is 2.99. The summed E-state index contributed by atoms with van der Waals surface area (Å²) in [5.41, 5.74) is 9.96. The van der Waals surface area contributed by atoms with Gasteiger partial charge in [-0.25, -0.2) is 4.98 Å². The molecule has 132 valence electrons. The highest BCUT2D eigenvalue weighted by Gasteiger charge is 2.15. The van der Waals surface area contributed by atoms with E-state index >= 15 is 0 Å². The number of hydrogen-bond donors (Lipinski definition) is 1. The molecule has 4 aromatic rings. The number of nitrogens with two attached hydrogens (primary N) is 1. The van der Waals surface area contributed by atoms with Crippen LogP contribution in [0.15, 0.2) is 72.8 Å². The fraction of sp³-hybridized carbons (Fsp3) is 0. The molecule has 0 fully saturated rings. The van der Waals surface area contributed by atoms with Crippen LogP contribution in [0.3, 0.4) is 0 Å². The van der Waals surface area contributed by atoms with Gasteiger partial charge in [-0.3, -0.25) is 8.72 Å². The minimum atomic E-state index is 0.193. The molecule has 3 aromatic carbocycles. The normalized spacial score (nSPS) is 10.7. The summed E-state index contributed by atoms with van der Waals surface area (Å²) in [6.07, 6.45) is 0.862. The molecule has 0 amide bonds. The summed E-state index contributed by atoms with van der Waals surface area (Å²) in [7, 11) is 0. The molecule has 0 aliphatic heterocycles. The highest BCUT2D eigenvalue weighted by Crippen LogP contribution is 2.35. The van der Waals surface area contributed by atoms with Crippen molar-refractivity contribution in [2.24, 2.45) is 0 Å². The average Bonchev–Trinajstić information content (AvgIpc) is 2.73. The summed E-state index contributed by atoms with van der Waals surface area (Å²) in [4.78, 5) is 20.2. The number of benzene rings is 3. The number of para-hydroxylation sites is 1. The zero-order valence-electron chi connectivity index (χ0n) is 14.2. The summed E-state index contributed by atoms with van der Waals surface area (Å²) >= 11 is 3.59. The van der Waals surface area contributed by atoms with E-state index < -0.39 is 0 Å². The Balaban J connectivity index is 1.93. The summed E-state index contributed by atoms with van der Waals surface area (Å²) in [6, 6.07) is 23.0. The van der Waals surface area contributed by atoms with Gasteiger partial charge < -0.3 is 5.73 Å². The summed E-state index contributed by atoms with van der Waals surface area (Å²) in [5.74, 6) is 0.827. The van der Waals surface area contributed by atoms with Crippen molar-refractivity contribution in [3.63, 3.8) is 0 Å². The first-order valence-electron chi connectivity index (χ1n) is 8.30. The first-order chi connectivity index (χ1) is 13.2. The monoisotopic (exact) mass is 418 g/mol. The molecule has 0 atom stereocenters. The van der Waals surface area contributed by atoms with Crippen LogP contribution < -0.4 is 9.66 Å². The Labute approximate surface area is 164 Å². The van der Waals surface area contributed by atoms with Crippen molar-refractivity contribution >= 4 is 50.8 Å². The highest BCUT2D eigenvalue weighted by atomic mass is 79.9. The lowest BCUT2D eigenvalue weighted by Gasteiger charge is -2.18. The highest BCUT2D eigenvalue weighted by molar-refractivity contribution is 9.10. The van der Waals surface area contributed by atoms with Crippen LogP contribution in [0.25, 0.3) is 22.0 Å². The molecule has 4 rings (SSSR count). The molecule has 0 radical (unpaired) electrons. The van der Waals surface area contributed by atoms with E-state index in [4.69, 9.17) is 5.73 Å². The summed E-state index contributed by atoms with van der Waals surface area (Å²) in [5, 5.41) is 0.822. The van der Waals surface area contributed by atoms with Gasteiger partial charge in [0.15, 0.2) is 12.1 Å². The lowest BCUT2D eigenvalue weighted by Crippen LogP contribution is -2.07. The number of rotatable bonds is 4. The maximum absolute atomic E-state index is 11.4. The van der Waals surface area contributed by atoms with Gasteiger partial charge in [0.25, 0.3) is 0 Å². The minimum absolute atomic E-state index is 0.193. The zero-order chi connectivity index (χ0) is 18.8. The molecular weight excluding hydrogens is 404 g/mol. The van der Waals surface area contributed by atoms with E-state index in [9.17, 15) is 4.79 Å². The zero-order valence-corrected chi connectivity index (χ0v) is 15.8. The summed E-state index contributed by atoms with van der Waals surface area (Å²) < 4.78 is 1.79. The molecule has 0 spiro atoms. The topological polar surface area (TPSA) is 72.1 Å². The lowest BCUT2D eigenvalue weighted by atomic mass is 9.99. The molecule has 0 unspecified atom stereocenters. The van der Waals surface area contributed by atoms with Gasteiger partial charge in [0.2, 0.25) is 5.95 Å². The number of halogens is 1. The number of nitrogen functional groups attached to an aromatic ring is 1. The molecule has 0 aliphatic carbocycles. The van der Waals surface area contributed by atoms with Crippen LogP contribution in [0.2, 0.25) is 0 Å². The van der Waals surface area contributed by atoms with Gasteiger partial charge in [-0.15, -0.1) is 0 Å². The van der Waals surface area contributed by atoms with Crippen molar-refractivity contribution in [3.05, 3.63) is 78.4 Å². The van der Waals surface area contributed by atoms with Gasteiger partial charge in [-0.05, 0) is 35.4 Å². The third-order valence-corrected chi connectivity index (χ3v) is 5.01. The van der Waals surface area contributed by atoms with Crippen LogP contribution in [0.5, 0.6) is 0 Å². The molecule has 0 saturated heterocycles. The van der Waals surface area contributed by atoms with Crippen LogP contribution >= 0.6 is 16.1 Å². The largest absolute Gasteiger partial charge is 0.368 e. The molecule has 0 bridgehead atoms. The van der Waals surface area contributed by atoms with E-state index in [-0.39, 0.29) is 5.95 Å². The van der Waals surface area contributed by atoms with Crippen molar-refractivity contribution < 1.29 is 4.79 Å². The summed E-state index contributed by atoms with van der Waals surface area (Å²) in [6.45, 7) is 0. The third-order valence-electron chi connectivity index (χ3n) is 4.26. The number of carbonyl (C=O) groups is 1. The predicted molar refractivity (Wildman–Crippen MR) is 112 cm³/mol. The van der Waals surface area contributed by atoms with Crippen LogP contribution in [0.1, 0.15) is 10.4 Å². The van der Waals surface area contributed by atoms with Gasteiger partial charge >= 0.3 is 0 Å². The molecule has 0 saturated carbocycles. The number of aldehydes is 1.